The van der Waals surface area contributed by atoms with Gasteiger partial charge in [0.05, 0.1) is 18.3 Å². The van der Waals surface area contributed by atoms with Crippen LogP contribution in [0.25, 0.3) is 10.9 Å². The molecule has 4 rings (SSSR count). The molecule has 0 bridgehead atoms. The fraction of sp³-hybridized carbons (Fsp3) is 0.190. The first-order valence-electron chi connectivity index (χ1n) is 9.25. The molecule has 0 aliphatic carbocycles. The number of esters is 1. The number of carbonyl (C=O) groups excluding carboxylic acids is 1. The first-order chi connectivity index (χ1) is 14.8. The van der Waals surface area contributed by atoms with E-state index in [1.807, 2.05) is 0 Å². The average Bonchev–Trinajstić information content (AvgIpc) is 3.33. The second kappa shape index (κ2) is 8.20. The normalized spacial score (nSPS) is 11.7. The summed E-state index contributed by atoms with van der Waals surface area (Å²) < 4.78 is 46.8. The van der Waals surface area contributed by atoms with Crippen LogP contribution in [-0.2, 0) is 32.3 Å². The third-order valence-corrected chi connectivity index (χ3v) is 8.16. The maximum absolute atomic E-state index is 14.0. The molecule has 0 radical (unpaired) electrons. The minimum absolute atomic E-state index is 0.0410. The highest BCUT2D eigenvalue weighted by Gasteiger charge is 2.27. The molecule has 0 unspecified atom stereocenters. The van der Waals surface area contributed by atoms with E-state index in [2.05, 4.69) is 9.97 Å². The molecule has 0 aliphatic heterocycles. The Labute approximate surface area is 182 Å². The van der Waals surface area contributed by atoms with Crippen molar-refractivity contribution in [1.29, 1.82) is 0 Å². The number of pyridine rings is 1. The van der Waals surface area contributed by atoms with Crippen molar-refractivity contribution in [3.05, 3.63) is 70.9 Å². The van der Waals surface area contributed by atoms with Crippen LogP contribution in [0.15, 0.2) is 57.3 Å². The van der Waals surface area contributed by atoms with Gasteiger partial charge in [-0.2, -0.15) is 0 Å². The second-order valence-electron chi connectivity index (χ2n) is 6.82. The van der Waals surface area contributed by atoms with E-state index in [4.69, 9.17) is 4.74 Å². The zero-order valence-electron chi connectivity index (χ0n) is 16.7. The van der Waals surface area contributed by atoms with Crippen molar-refractivity contribution in [2.24, 2.45) is 0 Å². The van der Waals surface area contributed by atoms with Gasteiger partial charge in [-0.15, -0.1) is 11.3 Å². The van der Waals surface area contributed by atoms with Crippen molar-refractivity contribution in [1.82, 2.24) is 14.5 Å². The molecule has 160 valence electrons. The quantitative estimate of drug-likeness (QED) is 0.410. The highest BCUT2D eigenvalue weighted by molar-refractivity contribution is 7.93. The van der Waals surface area contributed by atoms with E-state index in [1.165, 1.54) is 37.0 Å². The van der Waals surface area contributed by atoms with Gasteiger partial charge < -0.3 is 9.30 Å². The number of carbonyl (C=O) groups is 1. The van der Waals surface area contributed by atoms with Gasteiger partial charge in [0.2, 0.25) is 9.84 Å². The molecule has 0 saturated carbocycles. The van der Waals surface area contributed by atoms with Crippen molar-refractivity contribution in [3.8, 4) is 0 Å². The van der Waals surface area contributed by atoms with Crippen LogP contribution in [0.1, 0.15) is 17.0 Å². The number of ether oxygens (including phenoxy) is 1. The zero-order chi connectivity index (χ0) is 22.2. The predicted molar refractivity (Wildman–Crippen MR) is 113 cm³/mol. The molecular formula is C21H18FN3O4S2. The van der Waals surface area contributed by atoms with E-state index in [9.17, 15) is 17.6 Å². The minimum atomic E-state index is -3.85. The smallest absolute Gasteiger partial charge is 0.325 e. The lowest BCUT2D eigenvalue weighted by atomic mass is 10.1. The molecule has 31 heavy (non-hydrogen) atoms. The van der Waals surface area contributed by atoms with Crippen LogP contribution in [0.4, 0.5) is 4.39 Å². The monoisotopic (exact) mass is 459 g/mol. The van der Waals surface area contributed by atoms with Crippen LogP contribution in [0.5, 0.6) is 0 Å². The minimum Gasteiger partial charge on any atom is -0.468 e. The molecule has 0 fully saturated rings. The Balaban J connectivity index is 1.83. The Morgan fingerprint density at radius 1 is 1.23 bits per heavy atom. The van der Waals surface area contributed by atoms with E-state index >= 15 is 0 Å². The molecule has 0 aliphatic rings. The molecule has 4 aromatic rings. The van der Waals surface area contributed by atoms with Crippen LogP contribution in [-0.4, -0.2) is 36.0 Å². The van der Waals surface area contributed by atoms with Crippen LogP contribution in [0, 0.1) is 12.7 Å². The van der Waals surface area contributed by atoms with Gasteiger partial charge in [-0.05, 0) is 42.8 Å². The van der Waals surface area contributed by atoms with Crippen molar-refractivity contribution in [2.75, 3.05) is 7.11 Å². The number of hydrogen-bond acceptors (Lipinski definition) is 7. The number of sulfone groups is 1. The first kappa shape index (κ1) is 21.1. The Hall–Kier alpha value is -3.11. The van der Waals surface area contributed by atoms with Crippen molar-refractivity contribution < 1.29 is 22.3 Å². The number of fused-ring (bicyclic) bond motifs is 1. The Morgan fingerprint density at radius 2 is 2.03 bits per heavy atom. The van der Waals surface area contributed by atoms with Crippen LogP contribution in [0.3, 0.4) is 0 Å². The fourth-order valence-electron chi connectivity index (χ4n) is 3.51. The standard InChI is InChI=1S/C21H18FN3O4S2/c1-13-15(16-9-14(22)6-7-18(16)25(13)11-20(26)29-2)10-17-21(30-12-24-17)31(27,28)19-5-3-4-8-23-19/h3-9,12H,10-11H2,1-2H3. The molecule has 7 nitrogen and oxygen atoms in total. The molecule has 3 aromatic heterocycles. The van der Waals surface area contributed by atoms with Crippen molar-refractivity contribution in [3.63, 3.8) is 0 Å². The topological polar surface area (TPSA) is 91.2 Å². The lowest BCUT2D eigenvalue weighted by Crippen LogP contribution is -2.13. The lowest BCUT2D eigenvalue weighted by Gasteiger charge is -2.07. The Bertz CT molecular complexity index is 1380. The summed E-state index contributed by atoms with van der Waals surface area (Å²) in [4.78, 5) is 20.1. The SMILES string of the molecule is COC(=O)Cn1c(C)c(Cc2ncsc2S(=O)(=O)c2ccccn2)c2cc(F)ccc21. The van der Waals surface area contributed by atoms with Crippen LogP contribution < -0.4 is 0 Å². The van der Waals surface area contributed by atoms with E-state index in [0.29, 0.717) is 27.9 Å². The Morgan fingerprint density at radius 3 is 2.74 bits per heavy atom. The predicted octanol–water partition coefficient (Wildman–Crippen LogP) is 3.54. The molecule has 0 saturated heterocycles. The summed E-state index contributed by atoms with van der Waals surface area (Å²) in [5, 5.41) is 0.534. The second-order valence-corrected chi connectivity index (χ2v) is 9.77. The summed E-state index contributed by atoms with van der Waals surface area (Å²) in [5.41, 5.74) is 3.88. The number of nitrogens with zero attached hydrogens (tertiary/aromatic N) is 3. The van der Waals surface area contributed by atoms with Gasteiger partial charge >= 0.3 is 5.97 Å². The van der Waals surface area contributed by atoms with Crippen molar-refractivity contribution in [2.45, 2.75) is 29.1 Å². The molecule has 0 spiro atoms. The third-order valence-electron chi connectivity index (χ3n) is 5.04. The van der Waals surface area contributed by atoms with Gasteiger partial charge in [0.25, 0.3) is 0 Å². The lowest BCUT2D eigenvalue weighted by molar-refractivity contribution is -0.141. The number of methoxy groups -OCH3 is 1. The first-order valence-corrected chi connectivity index (χ1v) is 11.6. The van der Waals surface area contributed by atoms with Gasteiger partial charge in [0.15, 0.2) is 5.03 Å². The number of thiazole rings is 1. The maximum atomic E-state index is 14.0. The maximum Gasteiger partial charge on any atom is 0.325 e. The molecule has 0 amide bonds. The summed E-state index contributed by atoms with van der Waals surface area (Å²) in [6.45, 7) is 1.76. The van der Waals surface area contributed by atoms with E-state index in [1.54, 1.807) is 29.7 Å². The number of hydrogen-bond donors (Lipinski definition) is 0. The number of rotatable bonds is 6. The molecule has 0 N–H and O–H groups in total. The van der Waals surface area contributed by atoms with E-state index < -0.39 is 21.6 Å². The summed E-state index contributed by atoms with van der Waals surface area (Å²) in [5.74, 6) is -0.869. The van der Waals surface area contributed by atoms with Crippen LogP contribution >= 0.6 is 11.3 Å². The third kappa shape index (κ3) is 3.84. The average molecular weight is 460 g/mol. The number of benzene rings is 1. The number of aromatic nitrogens is 3. The van der Waals surface area contributed by atoms with Gasteiger partial charge in [-0.3, -0.25) is 4.79 Å². The largest absolute Gasteiger partial charge is 0.468 e. The summed E-state index contributed by atoms with van der Waals surface area (Å²) in [6, 6.07) is 8.97. The molecule has 10 heteroatoms. The van der Waals surface area contributed by atoms with Gasteiger partial charge in [0, 0.05) is 29.2 Å². The van der Waals surface area contributed by atoms with E-state index in [0.717, 1.165) is 11.3 Å². The van der Waals surface area contributed by atoms with Gasteiger partial charge in [-0.1, -0.05) is 6.07 Å². The number of halogens is 1. The van der Waals surface area contributed by atoms with E-state index in [-0.39, 0.29) is 22.2 Å². The highest BCUT2D eigenvalue weighted by atomic mass is 32.2. The molecule has 1 aromatic carbocycles. The highest BCUT2D eigenvalue weighted by Crippen LogP contribution is 2.33. The Kier molecular flexibility index (Phi) is 5.59. The summed E-state index contributed by atoms with van der Waals surface area (Å²) in [7, 11) is -2.55. The molecule has 3 heterocycles. The fourth-order valence-corrected chi connectivity index (χ4v) is 6.02. The molecule has 0 atom stereocenters. The van der Waals surface area contributed by atoms with Crippen molar-refractivity contribution >= 4 is 38.0 Å². The van der Waals surface area contributed by atoms with Crippen LogP contribution in [0.2, 0.25) is 0 Å². The summed E-state index contributed by atoms with van der Waals surface area (Å²) >= 11 is 1.01. The zero-order valence-corrected chi connectivity index (χ0v) is 18.3. The van der Waals surface area contributed by atoms with Gasteiger partial charge in [-0.25, -0.2) is 22.8 Å². The summed E-state index contributed by atoms with van der Waals surface area (Å²) in [6.07, 6.45) is 1.58. The molecular weight excluding hydrogens is 441 g/mol. The van der Waals surface area contributed by atoms with Gasteiger partial charge in [0.1, 0.15) is 16.6 Å².